The number of amides is 1. The third-order valence-electron chi connectivity index (χ3n) is 4.08. The van der Waals surface area contributed by atoms with E-state index in [2.05, 4.69) is 16.4 Å². The van der Waals surface area contributed by atoms with E-state index < -0.39 is 0 Å². The van der Waals surface area contributed by atoms with E-state index in [0.29, 0.717) is 27.8 Å². The van der Waals surface area contributed by atoms with Crippen molar-refractivity contribution in [2.24, 2.45) is 0 Å². The van der Waals surface area contributed by atoms with Crippen molar-refractivity contribution in [3.63, 3.8) is 0 Å². The number of aryl methyl sites for hydroxylation is 1. The number of carbonyl (C=O) groups is 1. The second-order valence-corrected chi connectivity index (χ2v) is 7.02. The van der Waals surface area contributed by atoms with Crippen LogP contribution in [-0.4, -0.2) is 30.9 Å². The molecule has 1 aromatic heterocycles. The number of methoxy groups -OCH3 is 2. The topological polar surface area (TPSA) is 84.2 Å². The standard InChI is InChI=1S/C21H19N3O3S/c1-13-4-6-17-14(8-13)9-15(11-22)21(24-17)28-12-20(25)23-18-7-5-16(26-2)10-19(18)27-3/h4-10H,12H2,1-3H3,(H,23,25). The molecule has 0 fully saturated rings. The van der Waals surface area contributed by atoms with Gasteiger partial charge in [-0.1, -0.05) is 23.4 Å². The monoisotopic (exact) mass is 393 g/mol. The van der Waals surface area contributed by atoms with Crippen molar-refractivity contribution in [1.29, 1.82) is 5.26 Å². The van der Waals surface area contributed by atoms with Crippen LogP contribution < -0.4 is 14.8 Å². The molecule has 142 valence electrons. The van der Waals surface area contributed by atoms with Crippen LogP contribution in [0.3, 0.4) is 0 Å². The Labute approximate surface area is 167 Å². The van der Waals surface area contributed by atoms with Crippen molar-refractivity contribution in [2.45, 2.75) is 11.9 Å². The molecule has 0 aliphatic heterocycles. The van der Waals surface area contributed by atoms with Crippen LogP contribution >= 0.6 is 11.8 Å². The molecule has 0 unspecified atom stereocenters. The number of nitriles is 1. The van der Waals surface area contributed by atoms with Crippen molar-refractivity contribution in [3.8, 4) is 17.6 Å². The number of thioether (sulfide) groups is 1. The largest absolute Gasteiger partial charge is 0.497 e. The van der Waals surface area contributed by atoms with Gasteiger partial charge in [-0.05, 0) is 37.3 Å². The van der Waals surface area contributed by atoms with Gasteiger partial charge in [0.15, 0.2) is 0 Å². The zero-order valence-electron chi connectivity index (χ0n) is 15.8. The SMILES string of the molecule is COc1ccc(NC(=O)CSc2nc3ccc(C)cc3cc2C#N)c(OC)c1. The quantitative estimate of drug-likeness (QED) is 0.633. The van der Waals surface area contributed by atoms with Crippen molar-refractivity contribution >= 4 is 34.3 Å². The second kappa shape index (κ2) is 8.63. The van der Waals surface area contributed by atoms with Gasteiger partial charge < -0.3 is 14.8 Å². The summed E-state index contributed by atoms with van der Waals surface area (Å²) in [5, 5.41) is 13.7. The van der Waals surface area contributed by atoms with E-state index in [1.807, 2.05) is 31.2 Å². The molecular formula is C21H19N3O3S. The number of hydrogen-bond donors (Lipinski definition) is 1. The maximum Gasteiger partial charge on any atom is 0.234 e. The van der Waals surface area contributed by atoms with Crippen LogP contribution in [-0.2, 0) is 4.79 Å². The van der Waals surface area contributed by atoms with Gasteiger partial charge in [0.2, 0.25) is 5.91 Å². The summed E-state index contributed by atoms with van der Waals surface area (Å²) in [6, 6.07) is 15.0. The molecule has 3 rings (SSSR count). The Balaban J connectivity index is 1.74. The fraction of sp³-hybridized carbons (Fsp3) is 0.190. The number of anilines is 1. The van der Waals surface area contributed by atoms with E-state index >= 15 is 0 Å². The van der Waals surface area contributed by atoms with Crippen LogP contribution in [0.1, 0.15) is 11.1 Å². The number of hydrogen-bond acceptors (Lipinski definition) is 6. The van der Waals surface area contributed by atoms with E-state index in [1.165, 1.54) is 18.9 Å². The van der Waals surface area contributed by atoms with E-state index in [0.717, 1.165) is 16.5 Å². The van der Waals surface area contributed by atoms with Crippen LogP contribution in [0.25, 0.3) is 10.9 Å². The smallest absolute Gasteiger partial charge is 0.234 e. The summed E-state index contributed by atoms with van der Waals surface area (Å²) in [4.78, 5) is 16.9. The maximum absolute atomic E-state index is 12.4. The van der Waals surface area contributed by atoms with Crippen LogP contribution in [0.15, 0.2) is 47.5 Å². The van der Waals surface area contributed by atoms with E-state index in [9.17, 15) is 10.1 Å². The lowest BCUT2D eigenvalue weighted by Crippen LogP contribution is -2.15. The lowest BCUT2D eigenvalue weighted by Gasteiger charge is -2.11. The molecule has 0 saturated heterocycles. The molecule has 3 aromatic rings. The molecule has 1 amide bonds. The number of fused-ring (bicyclic) bond motifs is 1. The molecule has 6 nitrogen and oxygen atoms in total. The summed E-state index contributed by atoms with van der Waals surface area (Å²) in [5.74, 6) is 1.05. The fourth-order valence-electron chi connectivity index (χ4n) is 2.69. The van der Waals surface area contributed by atoms with Crippen LogP contribution in [0.2, 0.25) is 0 Å². The highest BCUT2D eigenvalue weighted by molar-refractivity contribution is 8.00. The predicted octanol–water partition coefficient (Wildman–Crippen LogP) is 4.16. The highest BCUT2D eigenvalue weighted by Gasteiger charge is 2.13. The molecule has 2 aromatic carbocycles. The number of pyridine rings is 1. The van der Waals surface area contributed by atoms with Gasteiger partial charge in [-0.2, -0.15) is 5.26 Å². The Bertz CT molecular complexity index is 1080. The Morgan fingerprint density at radius 2 is 2.00 bits per heavy atom. The lowest BCUT2D eigenvalue weighted by atomic mass is 10.1. The van der Waals surface area contributed by atoms with E-state index in [4.69, 9.17) is 9.47 Å². The van der Waals surface area contributed by atoms with Gasteiger partial charge in [-0.15, -0.1) is 0 Å². The molecule has 1 N–H and O–H groups in total. The van der Waals surface area contributed by atoms with Gasteiger partial charge in [0.1, 0.15) is 22.6 Å². The summed E-state index contributed by atoms with van der Waals surface area (Å²) in [6.07, 6.45) is 0. The molecule has 0 aliphatic rings. The first kappa shape index (κ1) is 19.5. The maximum atomic E-state index is 12.4. The zero-order valence-corrected chi connectivity index (χ0v) is 16.6. The molecule has 0 bridgehead atoms. The first-order valence-electron chi connectivity index (χ1n) is 8.50. The van der Waals surface area contributed by atoms with Gasteiger partial charge in [-0.25, -0.2) is 4.98 Å². The third kappa shape index (κ3) is 4.35. The fourth-order valence-corrected chi connectivity index (χ4v) is 3.45. The molecule has 28 heavy (non-hydrogen) atoms. The van der Waals surface area contributed by atoms with Crippen molar-refractivity contribution in [1.82, 2.24) is 4.98 Å². The lowest BCUT2D eigenvalue weighted by molar-refractivity contribution is -0.113. The second-order valence-electron chi connectivity index (χ2n) is 6.05. The summed E-state index contributed by atoms with van der Waals surface area (Å²) in [6.45, 7) is 1.99. The van der Waals surface area contributed by atoms with Crippen molar-refractivity contribution < 1.29 is 14.3 Å². The highest BCUT2D eigenvalue weighted by atomic mass is 32.2. The highest BCUT2D eigenvalue weighted by Crippen LogP contribution is 2.30. The van der Waals surface area contributed by atoms with Crippen LogP contribution in [0, 0.1) is 18.3 Å². The Morgan fingerprint density at radius 1 is 1.18 bits per heavy atom. The average molecular weight is 393 g/mol. The van der Waals surface area contributed by atoms with Gasteiger partial charge in [-0.3, -0.25) is 4.79 Å². The van der Waals surface area contributed by atoms with Gasteiger partial charge >= 0.3 is 0 Å². The molecule has 0 spiro atoms. The molecule has 1 heterocycles. The number of carbonyl (C=O) groups excluding carboxylic acids is 1. The van der Waals surface area contributed by atoms with Gasteiger partial charge in [0, 0.05) is 11.5 Å². The minimum atomic E-state index is -0.219. The first-order valence-corrected chi connectivity index (χ1v) is 9.49. The number of ether oxygens (including phenoxy) is 2. The molecular weight excluding hydrogens is 374 g/mol. The van der Waals surface area contributed by atoms with Crippen LogP contribution in [0.4, 0.5) is 5.69 Å². The summed E-state index contributed by atoms with van der Waals surface area (Å²) >= 11 is 1.23. The van der Waals surface area contributed by atoms with Crippen molar-refractivity contribution in [2.75, 3.05) is 25.3 Å². The summed E-state index contributed by atoms with van der Waals surface area (Å²) < 4.78 is 10.4. The van der Waals surface area contributed by atoms with Gasteiger partial charge in [0.25, 0.3) is 0 Å². The number of nitrogens with one attached hydrogen (secondary N) is 1. The Morgan fingerprint density at radius 3 is 2.71 bits per heavy atom. The number of aromatic nitrogens is 1. The number of benzene rings is 2. The Kier molecular flexibility index (Phi) is 6.02. The normalized spacial score (nSPS) is 10.4. The van der Waals surface area contributed by atoms with Crippen molar-refractivity contribution in [3.05, 3.63) is 53.6 Å². The molecule has 0 saturated carbocycles. The molecule has 0 aliphatic carbocycles. The molecule has 0 atom stereocenters. The Hall–Kier alpha value is -3.24. The average Bonchev–Trinajstić information content (AvgIpc) is 2.71. The minimum Gasteiger partial charge on any atom is -0.497 e. The van der Waals surface area contributed by atoms with Crippen LogP contribution in [0.5, 0.6) is 11.5 Å². The van der Waals surface area contributed by atoms with E-state index in [1.54, 1.807) is 25.3 Å². The zero-order chi connectivity index (χ0) is 20.1. The minimum absolute atomic E-state index is 0.119. The molecule has 0 radical (unpaired) electrons. The third-order valence-corrected chi connectivity index (χ3v) is 5.07. The summed E-state index contributed by atoms with van der Waals surface area (Å²) in [7, 11) is 3.09. The summed E-state index contributed by atoms with van der Waals surface area (Å²) in [5.41, 5.74) is 2.91. The molecule has 7 heteroatoms. The number of rotatable bonds is 6. The van der Waals surface area contributed by atoms with Gasteiger partial charge in [0.05, 0.1) is 36.7 Å². The number of nitrogens with zero attached hydrogens (tertiary/aromatic N) is 2. The van der Waals surface area contributed by atoms with E-state index in [-0.39, 0.29) is 11.7 Å². The predicted molar refractivity (Wildman–Crippen MR) is 110 cm³/mol. The first-order chi connectivity index (χ1) is 13.5.